The van der Waals surface area contributed by atoms with Crippen molar-refractivity contribution in [1.29, 1.82) is 0 Å². The van der Waals surface area contributed by atoms with E-state index in [0.29, 0.717) is 17.9 Å². The zero-order valence-electron chi connectivity index (χ0n) is 14.4. The highest BCUT2D eigenvalue weighted by molar-refractivity contribution is 5.73. The van der Waals surface area contributed by atoms with E-state index in [9.17, 15) is 13.6 Å². The summed E-state index contributed by atoms with van der Waals surface area (Å²) in [5.41, 5.74) is -0.0786. The second kappa shape index (κ2) is 6.43. The number of carbonyl (C=O) groups excluding carboxylic acids is 1. The monoisotopic (exact) mass is 337 g/mol. The standard InChI is InChI=1S/C19H25F2NO2/c1-11-4-7-15-17(8-11)24-18(10-19(15,3)22-12(2)23)14-6-5-13(20)9-16(14)21/h5-6,9,11,15,17-18H,4,7-8,10H2,1-3H3,(H,22,23)/t11-,15-,17-,18-,19-/m1/s1. The summed E-state index contributed by atoms with van der Waals surface area (Å²) < 4.78 is 33.7. The summed E-state index contributed by atoms with van der Waals surface area (Å²) in [6.45, 7) is 5.73. The van der Waals surface area contributed by atoms with Gasteiger partial charge in [0.1, 0.15) is 11.6 Å². The molecule has 2 fully saturated rings. The molecule has 1 heterocycles. The molecule has 5 heteroatoms. The van der Waals surface area contributed by atoms with Crippen molar-refractivity contribution in [3.8, 4) is 0 Å². The highest BCUT2D eigenvalue weighted by Gasteiger charge is 2.49. The van der Waals surface area contributed by atoms with Gasteiger partial charge in [0.15, 0.2) is 0 Å². The third-order valence-corrected chi connectivity index (χ3v) is 5.59. The largest absolute Gasteiger partial charge is 0.370 e. The third-order valence-electron chi connectivity index (χ3n) is 5.59. The van der Waals surface area contributed by atoms with E-state index in [1.165, 1.54) is 19.1 Å². The van der Waals surface area contributed by atoms with Crippen molar-refractivity contribution in [1.82, 2.24) is 5.32 Å². The molecule has 1 saturated carbocycles. The van der Waals surface area contributed by atoms with E-state index in [0.717, 1.165) is 25.3 Å². The molecule has 0 aromatic heterocycles. The number of ether oxygens (including phenoxy) is 1. The van der Waals surface area contributed by atoms with Crippen LogP contribution in [0.3, 0.4) is 0 Å². The Labute approximate surface area is 141 Å². The molecule has 1 aromatic carbocycles. The van der Waals surface area contributed by atoms with Gasteiger partial charge < -0.3 is 10.1 Å². The fraction of sp³-hybridized carbons (Fsp3) is 0.632. The topological polar surface area (TPSA) is 38.3 Å². The third kappa shape index (κ3) is 3.32. The molecular formula is C19H25F2NO2. The van der Waals surface area contributed by atoms with Crippen LogP contribution in [0.4, 0.5) is 8.78 Å². The number of rotatable bonds is 2. The van der Waals surface area contributed by atoms with Crippen molar-refractivity contribution in [3.63, 3.8) is 0 Å². The fourth-order valence-electron chi connectivity index (χ4n) is 4.50. The van der Waals surface area contributed by atoms with Gasteiger partial charge in [0, 0.05) is 36.4 Å². The molecule has 132 valence electrons. The van der Waals surface area contributed by atoms with Gasteiger partial charge in [-0.1, -0.05) is 19.4 Å². The molecule has 0 spiro atoms. The minimum absolute atomic E-state index is 0.0196. The molecule has 1 aromatic rings. The molecule has 5 atom stereocenters. The van der Waals surface area contributed by atoms with Crippen LogP contribution in [0.1, 0.15) is 58.1 Å². The second-order valence-corrected chi connectivity index (χ2v) is 7.66. The van der Waals surface area contributed by atoms with Gasteiger partial charge in [-0.25, -0.2) is 8.78 Å². The van der Waals surface area contributed by atoms with Crippen LogP contribution < -0.4 is 5.32 Å². The van der Waals surface area contributed by atoms with Crippen LogP contribution in [0, 0.1) is 23.5 Å². The number of amides is 1. The number of fused-ring (bicyclic) bond motifs is 1. The number of hydrogen-bond donors (Lipinski definition) is 1. The summed E-state index contributed by atoms with van der Waals surface area (Å²) in [5.74, 6) is -0.509. The predicted molar refractivity (Wildman–Crippen MR) is 87.3 cm³/mol. The van der Waals surface area contributed by atoms with Crippen LogP contribution in [-0.2, 0) is 9.53 Å². The molecule has 2 aliphatic rings. The second-order valence-electron chi connectivity index (χ2n) is 7.66. The number of hydrogen-bond acceptors (Lipinski definition) is 2. The van der Waals surface area contributed by atoms with Crippen LogP contribution in [-0.4, -0.2) is 17.6 Å². The first-order valence-electron chi connectivity index (χ1n) is 8.67. The Morgan fingerprint density at radius 1 is 1.33 bits per heavy atom. The van der Waals surface area contributed by atoms with E-state index in [1.54, 1.807) is 0 Å². The lowest BCUT2D eigenvalue weighted by atomic mass is 9.66. The van der Waals surface area contributed by atoms with Gasteiger partial charge in [0.25, 0.3) is 0 Å². The van der Waals surface area contributed by atoms with Gasteiger partial charge in [-0.2, -0.15) is 0 Å². The minimum atomic E-state index is -0.596. The van der Waals surface area contributed by atoms with Gasteiger partial charge in [-0.3, -0.25) is 4.79 Å². The molecule has 0 unspecified atom stereocenters. The number of carbonyl (C=O) groups is 1. The number of halogens is 2. The number of nitrogens with one attached hydrogen (secondary N) is 1. The van der Waals surface area contributed by atoms with Crippen LogP contribution >= 0.6 is 0 Å². The summed E-state index contributed by atoms with van der Waals surface area (Å²) >= 11 is 0. The Morgan fingerprint density at radius 2 is 2.08 bits per heavy atom. The molecule has 24 heavy (non-hydrogen) atoms. The van der Waals surface area contributed by atoms with Crippen molar-refractivity contribution >= 4 is 5.91 Å². The lowest BCUT2D eigenvalue weighted by Crippen LogP contribution is -2.60. The SMILES string of the molecule is CC(=O)N[C@]1(C)C[C@H](c2ccc(F)cc2F)O[C@@H]2C[C@H](C)CC[C@H]21. The number of benzene rings is 1. The lowest BCUT2D eigenvalue weighted by Gasteiger charge is -2.52. The lowest BCUT2D eigenvalue weighted by molar-refractivity contribution is -0.153. The fourth-order valence-corrected chi connectivity index (χ4v) is 4.50. The molecule has 1 amide bonds. The van der Waals surface area contributed by atoms with Crippen LogP contribution in [0.5, 0.6) is 0 Å². The molecule has 1 aliphatic heterocycles. The van der Waals surface area contributed by atoms with E-state index >= 15 is 0 Å². The molecule has 3 rings (SSSR count). The minimum Gasteiger partial charge on any atom is -0.370 e. The molecule has 0 radical (unpaired) electrons. The molecular weight excluding hydrogens is 312 g/mol. The Hall–Kier alpha value is -1.49. The van der Waals surface area contributed by atoms with Crippen LogP contribution in [0.2, 0.25) is 0 Å². The summed E-state index contributed by atoms with van der Waals surface area (Å²) in [6.07, 6.45) is 2.99. The zero-order chi connectivity index (χ0) is 17.5. The van der Waals surface area contributed by atoms with Crippen LogP contribution in [0.15, 0.2) is 18.2 Å². The zero-order valence-corrected chi connectivity index (χ0v) is 14.4. The highest BCUT2D eigenvalue weighted by Crippen LogP contribution is 2.48. The van der Waals surface area contributed by atoms with Crippen molar-refractivity contribution in [2.75, 3.05) is 0 Å². The first-order chi connectivity index (χ1) is 11.3. The molecule has 1 N–H and O–H groups in total. The van der Waals surface area contributed by atoms with Crippen molar-refractivity contribution < 1.29 is 18.3 Å². The van der Waals surface area contributed by atoms with E-state index in [4.69, 9.17) is 4.74 Å². The average Bonchev–Trinajstić information content (AvgIpc) is 2.45. The van der Waals surface area contributed by atoms with Gasteiger partial charge in [0.05, 0.1) is 12.2 Å². The van der Waals surface area contributed by atoms with Crippen LogP contribution in [0.25, 0.3) is 0 Å². The molecule has 3 nitrogen and oxygen atoms in total. The van der Waals surface area contributed by atoms with Gasteiger partial charge in [-0.05, 0) is 31.7 Å². The van der Waals surface area contributed by atoms with Crippen molar-refractivity contribution in [2.45, 2.75) is 64.2 Å². The smallest absolute Gasteiger partial charge is 0.217 e. The van der Waals surface area contributed by atoms with Gasteiger partial charge in [0.2, 0.25) is 5.91 Å². The Bertz CT molecular complexity index is 636. The Kier molecular flexibility index (Phi) is 4.65. The summed E-state index contributed by atoms with van der Waals surface area (Å²) in [6, 6.07) is 3.60. The quantitative estimate of drug-likeness (QED) is 0.881. The Balaban J connectivity index is 1.93. The van der Waals surface area contributed by atoms with Gasteiger partial charge in [-0.15, -0.1) is 0 Å². The van der Waals surface area contributed by atoms with E-state index in [1.807, 2.05) is 6.92 Å². The van der Waals surface area contributed by atoms with E-state index < -0.39 is 23.3 Å². The molecule has 0 bridgehead atoms. The first-order valence-corrected chi connectivity index (χ1v) is 8.67. The maximum atomic E-state index is 14.2. The normalized spacial score (nSPS) is 36.0. The maximum absolute atomic E-state index is 14.2. The maximum Gasteiger partial charge on any atom is 0.217 e. The van der Waals surface area contributed by atoms with Crippen molar-refractivity contribution in [2.24, 2.45) is 11.8 Å². The van der Waals surface area contributed by atoms with Gasteiger partial charge >= 0.3 is 0 Å². The predicted octanol–water partition coefficient (Wildman–Crippen LogP) is 4.13. The Morgan fingerprint density at radius 3 is 2.75 bits per heavy atom. The summed E-state index contributed by atoms with van der Waals surface area (Å²) in [4.78, 5) is 11.7. The average molecular weight is 337 g/mol. The summed E-state index contributed by atoms with van der Waals surface area (Å²) in [7, 11) is 0. The first kappa shape index (κ1) is 17.3. The summed E-state index contributed by atoms with van der Waals surface area (Å²) in [5, 5.41) is 3.09. The highest BCUT2D eigenvalue weighted by atomic mass is 19.1. The van der Waals surface area contributed by atoms with E-state index in [-0.39, 0.29) is 17.9 Å². The molecule has 1 aliphatic carbocycles. The van der Waals surface area contributed by atoms with E-state index in [2.05, 4.69) is 12.2 Å². The molecule has 1 saturated heterocycles. The van der Waals surface area contributed by atoms with Crippen molar-refractivity contribution in [3.05, 3.63) is 35.4 Å².